The number of alkyl halides is 5. The van der Waals surface area contributed by atoms with E-state index in [1.165, 1.54) is 36.4 Å². The van der Waals surface area contributed by atoms with Crippen LogP contribution in [-0.4, -0.2) is 79.9 Å². The van der Waals surface area contributed by atoms with E-state index in [2.05, 4.69) is 30.3 Å². The highest BCUT2D eigenvalue weighted by molar-refractivity contribution is 7.80. The molecule has 2 unspecified atom stereocenters. The highest BCUT2D eigenvalue weighted by Crippen LogP contribution is 2.32. The molecule has 4 rings (SSSR count). The molecule has 2 aromatic carbocycles. The molecule has 1 aliphatic carbocycles. The molecular formula is C28H33F5N4O5S. The SMILES string of the molecule is CC(F)(F)Oc1ccc(OC2CCC(NC(=S)Nc3cccc(OC(F)(F)F)c3)C2)c(C(=O)NCCN2CCOCC2)c1. The van der Waals surface area contributed by atoms with Crippen molar-refractivity contribution in [3.05, 3.63) is 48.0 Å². The molecule has 2 fully saturated rings. The summed E-state index contributed by atoms with van der Waals surface area (Å²) in [6, 6.07) is 9.17. The minimum atomic E-state index is -4.81. The van der Waals surface area contributed by atoms with Crippen molar-refractivity contribution in [2.45, 2.75) is 50.8 Å². The van der Waals surface area contributed by atoms with E-state index >= 15 is 0 Å². The van der Waals surface area contributed by atoms with Gasteiger partial charge in [0, 0.05) is 57.3 Å². The third-order valence-electron chi connectivity index (χ3n) is 6.65. The van der Waals surface area contributed by atoms with Crippen molar-refractivity contribution in [2.24, 2.45) is 0 Å². The molecule has 15 heteroatoms. The predicted molar refractivity (Wildman–Crippen MR) is 152 cm³/mol. The Labute approximate surface area is 251 Å². The second kappa shape index (κ2) is 14.4. The molecule has 1 heterocycles. The maximum Gasteiger partial charge on any atom is 0.573 e. The predicted octanol–water partition coefficient (Wildman–Crippen LogP) is 4.93. The van der Waals surface area contributed by atoms with Gasteiger partial charge in [0.25, 0.3) is 5.91 Å². The minimum Gasteiger partial charge on any atom is -0.490 e. The first-order valence-electron chi connectivity index (χ1n) is 13.7. The van der Waals surface area contributed by atoms with Crippen LogP contribution in [0.25, 0.3) is 0 Å². The standard InChI is InChI=1S/C28H33F5N4O5S/c1-27(29,30)41-22-7-8-24(23(17-22)25(38)34-9-10-37-11-13-39-14-12-37)40-20-6-5-19(15-20)36-26(43)35-18-3-2-4-21(16-18)42-28(31,32)33/h2-4,7-8,16-17,19-20H,5-6,9-15H2,1H3,(H,34,38)(H2,35,36,43). The van der Waals surface area contributed by atoms with Crippen LogP contribution in [0.2, 0.25) is 0 Å². The Hall–Kier alpha value is -3.43. The topological polar surface area (TPSA) is 93.3 Å². The van der Waals surface area contributed by atoms with Gasteiger partial charge >= 0.3 is 12.5 Å². The van der Waals surface area contributed by atoms with Gasteiger partial charge in [-0.1, -0.05) is 6.07 Å². The number of halogens is 5. The zero-order chi connectivity index (χ0) is 31.0. The van der Waals surface area contributed by atoms with Crippen molar-refractivity contribution in [3.63, 3.8) is 0 Å². The van der Waals surface area contributed by atoms with Crippen LogP contribution in [0.3, 0.4) is 0 Å². The van der Waals surface area contributed by atoms with Gasteiger partial charge in [0.05, 0.1) is 18.8 Å². The minimum absolute atomic E-state index is 0.0679. The van der Waals surface area contributed by atoms with Gasteiger partial charge in [-0.25, -0.2) is 0 Å². The number of benzene rings is 2. The van der Waals surface area contributed by atoms with Crippen molar-refractivity contribution in [2.75, 3.05) is 44.7 Å². The van der Waals surface area contributed by atoms with Crippen molar-refractivity contribution in [1.82, 2.24) is 15.5 Å². The number of hydrogen-bond donors (Lipinski definition) is 3. The summed E-state index contributed by atoms with van der Waals surface area (Å²) >= 11 is 5.33. The number of nitrogens with zero attached hydrogens (tertiary/aromatic N) is 1. The van der Waals surface area contributed by atoms with E-state index in [-0.39, 0.29) is 40.1 Å². The summed E-state index contributed by atoms with van der Waals surface area (Å²) in [6.45, 7) is 4.33. The number of amides is 1. The van der Waals surface area contributed by atoms with Gasteiger partial charge in [0.15, 0.2) is 5.11 Å². The van der Waals surface area contributed by atoms with Crippen molar-refractivity contribution in [3.8, 4) is 17.2 Å². The normalized spacial score (nSPS) is 19.4. The number of ether oxygens (including phenoxy) is 4. The molecule has 2 aromatic rings. The fraction of sp³-hybridized carbons (Fsp3) is 0.500. The number of rotatable bonds is 11. The lowest BCUT2D eigenvalue weighted by molar-refractivity contribution is -0.274. The molecule has 2 atom stereocenters. The average Bonchev–Trinajstić information content (AvgIpc) is 3.34. The van der Waals surface area contributed by atoms with Crippen LogP contribution in [0.15, 0.2) is 42.5 Å². The van der Waals surface area contributed by atoms with E-state index in [1.807, 2.05) is 0 Å². The molecule has 0 radical (unpaired) electrons. The highest BCUT2D eigenvalue weighted by Gasteiger charge is 2.32. The second-order valence-electron chi connectivity index (χ2n) is 10.2. The van der Waals surface area contributed by atoms with Crippen LogP contribution >= 0.6 is 12.2 Å². The highest BCUT2D eigenvalue weighted by atomic mass is 32.1. The summed E-state index contributed by atoms with van der Waals surface area (Å²) in [5.41, 5.74) is 0.382. The molecule has 0 bridgehead atoms. The number of carbonyl (C=O) groups is 1. The van der Waals surface area contributed by atoms with Crippen LogP contribution in [0.4, 0.5) is 27.6 Å². The third-order valence-corrected chi connectivity index (χ3v) is 6.87. The van der Waals surface area contributed by atoms with E-state index in [4.69, 9.17) is 21.7 Å². The van der Waals surface area contributed by atoms with Crippen LogP contribution in [-0.2, 0) is 4.74 Å². The maximum atomic E-state index is 13.5. The summed E-state index contributed by atoms with van der Waals surface area (Å²) in [6.07, 6.45) is -6.79. The molecule has 2 aliphatic rings. The van der Waals surface area contributed by atoms with Gasteiger partial charge in [-0.3, -0.25) is 9.69 Å². The zero-order valence-electron chi connectivity index (χ0n) is 23.3. The van der Waals surface area contributed by atoms with Gasteiger partial charge in [0.2, 0.25) is 0 Å². The molecular weight excluding hydrogens is 599 g/mol. The average molecular weight is 633 g/mol. The number of anilines is 1. The quantitative estimate of drug-likeness (QED) is 0.236. The second-order valence-corrected chi connectivity index (χ2v) is 10.6. The Kier molecular flexibility index (Phi) is 10.8. The first-order chi connectivity index (χ1) is 20.3. The van der Waals surface area contributed by atoms with Crippen molar-refractivity contribution in [1.29, 1.82) is 0 Å². The number of hydrogen-bond acceptors (Lipinski definition) is 7. The van der Waals surface area contributed by atoms with Gasteiger partial charge in [-0.05, 0) is 55.4 Å². The molecule has 1 saturated heterocycles. The molecule has 3 N–H and O–H groups in total. The Bertz CT molecular complexity index is 1260. The van der Waals surface area contributed by atoms with Crippen molar-refractivity contribution < 1.29 is 45.7 Å². The Morgan fingerprint density at radius 3 is 2.51 bits per heavy atom. The largest absolute Gasteiger partial charge is 0.573 e. The van der Waals surface area contributed by atoms with E-state index in [0.717, 1.165) is 13.1 Å². The summed E-state index contributed by atoms with van der Waals surface area (Å²) in [5, 5.41) is 9.00. The van der Waals surface area contributed by atoms with E-state index in [9.17, 15) is 26.7 Å². The summed E-state index contributed by atoms with van der Waals surface area (Å²) in [5.74, 6) is -0.814. The Balaban J connectivity index is 1.34. The third kappa shape index (κ3) is 11.0. The van der Waals surface area contributed by atoms with Gasteiger partial charge < -0.3 is 34.9 Å². The smallest absolute Gasteiger partial charge is 0.490 e. The van der Waals surface area contributed by atoms with Crippen LogP contribution < -0.4 is 30.2 Å². The van der Waals surface area contributed by atoms with E-state index in [1.54, 1.807) is 6.07 Å². The monoisotopic (exact) mass is 632 g/mol. The molecule has 0 aromatic heterocycles. The number of carbonyl (C=O) groups excluding carboxylic acids is 1. The number of morpholine rings is 1. The van der Waals surface area contributed by atoms with E-state index < -0.39 is 18.4 Å². The van der Waals surface area contributed by atoms with E-state index in [0.29, 0.717) is 58.2 Å². The first kappa shape index (κ1) is 32.5. The van der Waals surface area contributed by atoms with Gasteiger partial charge in [-0.15, -0.1) is 13.2 Å². The molecule has 43 heavy (non-hydrogen) atoms. The fourth-order valence-corrected chi connectivity index (χ4v) is 5.07. The Morgan fingerprint density at radius 1 is 1.05 bits per heavy atom. The molecule has 1 aliphatic heterocycles. The molecule has 1 amide bonds. The summed E-state index contributed by atoms with van der Waals surface area (Å²) in [4.78, 5) is 15.2. The van der Waals surface area contributed by atoms with Gasteiger partial charge in [-0.2, -0.15) is 8.78 Å². The van der Waals surface area contributed by atoms with Crippen LogP contribution in [0, 0.1) is 0 Å². The summed E-state index contributed by atoms with van der Waals surface area (Å²) < 4.78 is 84.7. The van der Waals surface area contributed by atoms with Crippen LogP contribution in [0.1, 0.15) is 36.5 Å². The lowest BCUT2D eigenvalue weighted by atomic mass is 10.1. The van der Waals surface area contributed by atoms with Crippen LogP contribution in [0.5, 0.6) is 17.2 Å². The Morgan fingerprint density at radius 2 is 1.79 bits per heavy atom. The zero-order valence-corrected chi connectivity index (χ0v) is 24.2. The number of nitrogens with one attached hydrogen (secondary N) is 3. The first-order valence-corrected chi connectivity index (χ1v) is 14.1. The lowest BCUT2D eigenvalue weighted by Crippen LogP contribution is -2.41. The maximum absolute atomic E-state index is 13.5. The van der Waals surface area contributed by atoms with Crippen molar-refractivity contribution >= 4 is 28.9 Å². The molecule has 236 valence electrons. The lowest BCUT2D eigenvalue weighted by Gasteiger charge is -2.26. The van der Waals surface area contributed by atoms with Gasteiger partial charge in [0.1, 0.15) is 23.4 Å². The fourth-order valence-electron chi connectivity index (χ4n) is 4.79. The summed E-state index contributed by atoms with van der Waals surface area (Å²) in [7, 11) is 0. The molecule has 1 saturated carbocycles. The molecule has 0 spiro atoms. The molecule has 9 nitrogen and oxygen atoms in total. The number of thiocarbonyl (C=S) groups is 1.